The van der Waals surface area contributed by atoms with Crippen LogP contribution in [0.2, 0.25) is 0 Å². The zero-order valence-corrected chi connectivity index (χ0v) is 15.8. The van der Waals surface area contributed by atoms with Gasteiger partial charge in [-0.05, 0) is 30.5 Å². The highest BCUT2D eigenvalue weighted by Gasteiger charge is 2.23. The number of thiazole rings is 1. The van der Waals surface area contributed by atoms with Crippen molar-refractivity contribution in [1.29, 1.82) is 0 Å². The van der Waals surface area contributed by atoms with Gasteiger partial charge in [0.15, 0.2) is 0 Å². The number of nitrogens with zero attached hydrogens (tertiary/aromatic N) is 3. The fourth-order valence-corrected chi connectivity index (χ4v) is 4.12. The molecule has 0 bridgehead atoms. The molecule has 3 aromatic rings. The minimum Gasteiger partial charge on any atom is -0.369 e. The number of hydrogen-bond acceptors (Lipinski definition) is 5. The van der Waals surface area contributed by atoms with Gasteiger partial charge in [-0.15, -0.1) is 11.3 Å². The average Bonchev–Trinajstić information content (AvgIpc) is 3.08. The molecule has 1 aliphatic heterocycles. The topological polar surface area (TPSA) is 38.2 Å². The van der Waals surface area contributed by atoms with Crippen molar-refractivity contribution in [2.45, 2.75) is 26.0 Å². The summed E-state index contributed by atoms with van der Waals surface area (Å²) in [6.45, 7) is 5.58. The fourth-order valence-electron chi connectivity index (χ4n) is 3.29. The van der Waals surface area contributed by atoms with E-state index >= 15 is 0 Å². The Kier molecular flexibility index (Phi) is 5.39. The Morgan fingerprint density at radius 1 is 1.08 bits per heavy atom. The van der Waals surface area contributed by atoms with Gasteiger partial charge in [-0.3, -0.25) is 9.88 Å². The van der Waals surface area contributed by atoms with E-state index in [9.17, 15) is 0 Å². The molecule has 0 spiro atoms. The van der Waals surface area contributed by atoms with Crippen molar-refractivity contribution in [2.24, 2.45) is 0 Å². The van der Waals surface area contributed by atoms with Crippen molar-refractivity contribution in [3.05, 3.63) is 81.6 Å². The highest BCUT2D eigenvalue weighted by atomic mass is 32.1. The Balaban J connectivity index is 1.38. The summed E-state index contributed by atoms with van der Waals surface area (Å²) in [6.07, 6.45) is 4.93. The first-order chi connectivity index (χ1) is 12.8. The van der Waals surface area contributed by atoms with Gasteiger partial charge in [0.25, 0.3) is 0 Å². The molecular formula is C21H23N3OS. The average molecular weight is 366 g/mol. The predicted octanol–water partition coefficient (Wildman–Crippen LogP) is 4.01. The lowest BCUT2D eigenvalue weighted by Gasteiger charge is -2.32. The van der Waals surface area contributed by atoms with Crippen molar-refractivity contribution in [1.82, 2.24) is 14.9 Å². The molecule has 4 nitrogen and oxygen atoms in total. The SMILES string of the molecule is Cc1ncc(CN2CCO[C@H](c3ccc(Cc4ccccc4)cn3)C2)s1. The number of morpholine rings is 1. The van der Waals surface area contributed by atoms with Crippen LogP contribution in [0.5, 0.6) is 0 Å². The quantitative estimate of drug-likeness (QED) is 0.685. The summed E-state index contributed by atoms with van der Waals surface area (Å²) in [4.78, 5) is 12.8. The lowest BCUT2D eigenvalue weighted by Crippen LogP contribution is -2.37. The van der Waals surface area contributed by atoms with Crippen LogP contribution in [-0.2, 0) is 17.7 Å². The van der Waals surface area contributed by atoms with Gasteiger partial charge < -0.3 is 4.74 Å². The Labute approximate surface area is 158 Å². The van der Waals surface area contributed by atoms with Crippen molar-refractivity contribution in [3.63, 3.8) is 0 Å². The molecule has 5 heteroatoms. The molecule has 0 radical (unpaired) electrons. The Morgan fingerprint density at radius 3 is 2.69 bits per heavy atom. The van der Waals surface area contributed by atoms with E-state index in [-0.39, 0.29) is 6.10 Å². The minimum absolute atomic E-state index is 0.0449. The molecule has 1 aliphatic rings. The van der Waals surface area contributed by atoms with Gasteiger partial charge in [-0.1, -0.05) is 36.4 Å². The first-order valence-electron chi connectivity index (χ1n) is 9.00. The first kappa shape index (κ1) is 17.3. The van der Waals surface area contributed by atoms with Crippen LogP contribution in [0.3, 0.4) is 0 Å². The Hall–Kier alpha value is -2.08. The van der Waals surface area contributed by atoms with Gasteiger partial charge in [0, 0.05) is 36.9 Å². The van der Waals surface area contributed by atoms with Crippen LogP contribution in [0.15, 0.2) is 54.9 Å². The molecular weight excluding hydrogens is 342 g/mol. The van der Waals surface area contributed by atoms with E-state index in [0.29, 0.717) is 0 Å². The standard InChI is InChI=1S/C21H23N3OS/c1-16-22-13-19(26-16)14-24-9-10-25-21(15-24)20-8-7-18(12-23-20)11-17-5-3-2-4-6-17/h2-8,12-13,21H,9-11,14-15H2,1H3/t21-/m0/s1. The zero-order chi connectivity index (χ0) is 17.8. The second kappa shape index (κ2) is 8.08. The van der Waals surface area contributed by atoms with Crippen LogP contribution >= 0.6 is 11.3 Å². The maximum atomic E-state index is 5.98. The number of pyridine rings is 1. The van der Waals surface area contributed by atoms with Gasteiger partial charge in [0.1, 0.15) is 6.10 Å². The first-order valence-corrected chi connectivity index (χ1v) is 9.82. The fraction of sp³-hybridized carbons (Fsp3) is 0.333. The molecule has 1 aromatic carbocycles. The van der Waals surface area contributed by atoms with Crippen molar-refractivity contribution < 1.29 is 4.74 Å². The molecule has 2 aromatic heterocycles. The predicted molar refractivity (Wildman–Crippen MR) is 104 cm³/mol. The zero-order valence-electron chi connectivity index (χ0n) is 15.0. The van der Waals surface area contributed by atoms with Crippen LogP contribution in [0.1, 0.15) is 32.8 Å². The normalized spacial score (nSPS) is 18.1. The molecule has 3 heterocycles. The van der Waals surface area contributed by atoms with Gasteiger partial charge in [-0.25, -0.2) is 4.98 Å². The van der Waals surface area contributed by atoms with Crippen molar-refractivity contribution in [3.8, 4) is 0 Å². The molecule has 0 amide bonds. The summed E-state index contributed by atoms with van der Waals surface area (Å²) in [5, 5.41) is 1.13. The number of aryl methyl sites for hydroxylation is 1. The highest BCUT2D eigenvalue weighted by molar-refractivity contribution is 7.11. The van der Waals surface area contributed by atoms with Crippen LogP contribution in [-0.4, -0.2) is 34.6 Å². The van der Waals surface area contributed by atoms with Crippen molar-refractivity contribution in [2.75, 3.05) is 19.7 Å². The lowest BCUT2D eigenvalue weighted by atomic mass is 10.1. The van der Waals surface area contributed by atoms with E-state index in [2.05, 4.69) is 58.2 Å². The highest BCUT2D eigenvalue weighted by Crippen LogP contribution is 2.23. The maximum absolute atomic E-state index is 5.98. The summed E-state index contributed by atoms with van der Waals surface area (Å²) < 4.78 is 5.98. The molecule has 26 heavy (non-hydrogen) atoms. The lowest BCUT2D eigenvalue weighted by molar-refractivity contribution is -0.0347. The van der Waals surface area contributed by atoms with Crippen LogP contribution in [0.4, 0.5) is 0 Å². The summed E-state index contributed by atoms with van der Waals surface area (Å²) in [7, 11) is 0. The number of aromatic nitrogens is 2. The summed E-state index contributed by atoms with van der Waals surface area (Å²) in [5.41, 5.74) is 3.56. The van der Waals surface area contributed by atoms with Crippen LogP contribution < -0.4 is 0 Å². The van der Waals surface area contributed by atoms with E-state index in [1.165, 1.54) is 16.0 Å². The second-order valence-electron chi connectivity index (χ2n) is 6.69. The van der Waals surface area contributed by atoms with Crippen LogP contribution in [0, 0.1) is 6.92 Å². The number of benzene rings is 1. The molecule has 4 rings (SSSR count). The van der Waals surface area contributed by atoms with E-state index < -0.39 is 0 Å². The second-order valence-corrected chi connectivity index (χ2v) is 8.01. The van der Waals surface area contributed by atoms with E-state index in [1.54, 1.807) is 11.3 Å². The van der Waals surface area contributed by atoms with Gasteiger partial charge in [-0.2, -0.15) is 0 Å². The van der Waals surface area contributed by atoms with E-state index in [4.69, 9.17) is 4.74 Å². The van der Waals surface area contributed by atoms with Gasteiger partial charge in [0.2, 0.25) is 0 Å². The minimum atomic E-state index is 0.0449. The maximum Gasteiger partial charge on any atom is 0.112 e. The molecule has 0 N–H and O–H groups in total. The molecule has 134 valence electrons. The summed E-state index contributed by atoms with van der Waals surface area (Å²) >= 11 is 1.77. The molecule has 1 atom stereocenters. The number of hydrogen-bond donors (Lipinski definition) is 0. The third kappa shape index (κ3) is 4.36. The monoisotopic (exact) mass is 365 g/mol. The third-order valence-corrected chi connectivity index (χ3v) is 5.53. The van der Waals surface area contributed by atoms with Crippen LogP contribution in [0.25, 0.3) is 0 Å². The molecule has 1 fully saturated rings. The van der Waals surface area contributed by atoms with Crippen molar-refractivity contribution >= 4 is 11.3 Å². The van der Waals surface area contributed by atoms with E-state index in [1.807, 2.05) is 18.5 Å². The Bertz CT molecular complexity index is 832. The van der Waals surface area contributed by atoms with Gasteiger partial charge >= 0.3 is 0 Å². The molecule has 0 aliphatic carbocycles. The number of rotatable bonds is 5. The van der Waals surface area contributed by atoms with E-state index in [0.717, 1.165) is 43.4 Å². The largest absolute Gasteiger partial charge is 0.369 e. The summed E-state index contributed by atoms with van der Waals surface area (Å²) in [6, 6.07) is 14.8. The molecule has 1 saturated heterocycles. The molecule has 0 unspecified atom stereocenters. The van der Waals surface area contributed by atoms with Gasteiger partial charge in [0.05, 0.1) is 17.3 Å². The Morgan fingerprint density at radius 2 is 1.96 bits per heavy atom. The summed E-state index contributed by atoms with van der Waals surface area (Å²) in [5.74, 6) is 0. The number of ether oxygens (including phenoxy) is 1. The third-order valence-electron chi connectivity index (χ3n) is 4.63. The molecule has 0 saturated carbocycles. The smallest absolute Gasteiger partial charge is 0.112 e.